The van der Waals surface area contributed by atoms with Crippen molar-refractivity contribution >= 4 is 17.5 Å². The van der Waals surface area contributed by atoms with E-state index in [1.165, 1.54) is 18.2 Å². The SMILES string of the molecule is CCCN(CC(=O)Nc1ccccc1C)C(=O)c1ccc(OC)nc1. The number of nitrogens with zero attached hydrogens (tertiary/aromatic N) is 2. The van der Waals surface area contributed by atoms with Crippen molar-refractivity contribution in [3.8, 4) is 5.88 Å². The molecule has 0 atom stereocenters. The highest BCUT2D eigenvalue weighted by atomic mass is 16.5. The molecule has 0 saturated heterocycles. The number of methoxy groups -OCH3 is 1. The lowest BCUT2D eigenvalue weighted by Crippen LogP contribution is -2.38. The summed E-state index contributed by atoms with van der Waals surface area (Å²) in [6, 6.07) is 10.8. The van der Waals surface area contributed by atoms with Gasteiger partial charge in [0.15, 0.2) is 0 Å². The summed E-state index contributed by atoms with van der Waals surface area (Å²) < 4.78 is 5.00. The number of hydrogen-bond donors (Lipinski definition) is 1. The van der Waals surface area contributed by atoms with E-state index in [9.17, 15) is 9.59 Å². The summed E-state index contributed by atoms with van der Waals surface area (Å²) in [4.78, 5) is 30.6. The van der Waals surface area contributed by atoms with Crippen molar-refractivity contribution in [3.05, 3.63) is 53.7 Å². The monoisotopic (exact) mass is 341 g/mol. The smallest absolute Gasteiger partial charge is 0.255 e. The van der Waals surface area contributed by atoms with Gasteiger partial charge in [0.25, 0.3) is 5.91 Å². The lowest BCUT2D eigenvalue weighted by molar-refractivity contribution is -0.116. The van der Waals surface area contributed by atoms with Crippen molar-refractivity contribution in [1.29, 1.82) is 0 Å². The first-order valence-electron chi connectivity index (χ1n) is 8.20. The van der Waals surface area contributed by atoms with Crippen LogP contribution in [0.3, 0.4) is 0 Å². The van der Waals surface area contributed by atoms with Crippen LogP contribution in [-0.4, -0.2) is 41.9 Å². The van der Waals surface area contributed by atoms with Gasteiger partial charge in [0.2, 0.25) is 11.8 Å². The fourth-order valence-corrected chi connectivity index (χ4v) is 2.41. The second-order valence-electron chi connectivity index (χ2n) is 5.68. The first-order valence-corrected chi connectivity index (χ1v) is 8.20. The molecule has 1 aromatic carbocycles. The largest absolute Gasteiger partial charge is 0.481 e. The summed E-state index contributed by atoms with van der Waals surface area (Å²) in [6.07, 6.45) is 2.22. The fourth-order valence-electron chi connectivity index (χ4n) is 2.41. The number of anilines is 1. The summed E-state index contributed by atoms with van der Waals surface area (Å²) in [5.41, 5.74) is 2.16. The summed E-state index contributed by atoms with van der Waals surface area (Å²) in [7, 11) is 1.52. The van der Waals surface area contributed by atoms with E-state index in [2.05, 4.69) is 10.3 Å². The molecule has 0 aliphatic carbocycles. The van der Waals surface area contributed by atoms with E-state index in [4.69, 9.17) is 4.74 Å². The number of hydrogen-bond acceptors (Lipinski definition) is 4. The molecular weight excluding hydrogens is 318 g/mol. The van der Waals surface area contributed by atoms with E-state index < -0.39 is 0 Å². The lowest BCUT2D eigenvalue weighted by atomic mass is 10.2. The van der Waals surface area contributed by atoms with Crippen molar-refractivity contribution in [2.45, 2.75) is 20.3 Å². The molecule has 2 rings (SSSR count). The molecule has 0 aliphatic rings. The van der Waals surface area contributed by atoms with Crippen LogP contribution in [0.5, 0.6) is 5.88 Å². The maximum atomic E-state index is 12.7. The van der Waals surface area contributed by atoms with Crippen molar-refractivity contribution < 1.29 is 14.3 Å². The summed E-state index contributed by atoms with van der Waals surface area (Å²) in [5.74, 6) is -0.00889. The molecule has 0 bridgehead atoms. The number of pyridine rings is 1. The molecular formula is C19H23N3O3. The van der Waals surface area contributed by atoms with E-state index in [-0.39, 0.29) is 18.4 Å². The van der Waals surface area contributed by atoms with Gasteiger partial charge in [-0.05, 0) is 31.0 Å². The molecule has 0 spiro atoms. The van der Waals surface area contributed by atoms with Gasteiger partial charge in [-0.1, -0.05) is 25.1 Å². The van der Waals surface area contributed by atoms with Gasteiger partial charge in [0.1, 0.15) is 6.54 Å². The first-order chi connectivity index (χ1) is 12.0. The number of rotatable bonds is 7. The Morgan fingerprint density at radius 1 is 1.20 bits per heavy atom. The summed E-state index contributed by atoms with van der Waals surface area (Å²) in [6.45, 7) is 4.37. The Labute approximate surface area is 147 Å². The number of carbonyl (C=O) groups excluding carboxylic acids is 2. The standard InChI is InChI=1S/C19H23N3O3/c1-4-11-22(19(24)15-9-10-18(25-3)20-12-15)13-17(23)21-16-8-6-5-7-14(16)2/h5-10,12H,4,11,13H2,1-3H3,(H,21,23). The normalized spacial score (nSPS) is 10.2. The number of aryl methyl sites for hydroxylation is 1. The number of ether oxygens (including phenoxy) is 1. The Bertz CT molecular complexity index is 729. The van der Waals surface area contributed by atoms with E-state index in [1.54, 1.807) is 12.1 Å². The van der Waals surface area contributed by atoms with Gasteiger partial charge in [0, 0.05) is 24.5 Å². The Morgan fingerprint density at radius 3 is 2.56 bits per heavy atom. The zero-order chi connectivity index (χ0) is 18.2. The van der Waals surface area contributed by atoms with Crippen molar-refractivity contribution in [2.24, 2.45) is 0 Å². The number of carbonyl (C=O) groups is 2. The third kappa shape index (κ3) is 5.04. The van der Waals surface area contributed by atoms with Gasteiger partial charge < -0.3 is 15.0 Å². The molecule has 1 aromatic heterocycles. The van der Waals surface area contributed by atoms with Gasteiger partial charge in [-0.3, -0.25) is 9.59 Å². The zero-order valence-corrected chi connectivity index (χ0v) is 14.8. The highest BCUT2D eigenvalue weighted by molar-refractivity contribution is 5.99. The molecule has 1 N–H and O–H groups in total. The molecule has 0 unspecified atom stereocenters. The average Bonchev–Trinajstić information content (AvgIpc) is 2.63. The fraction of sp³-hybridized carbons (Fsp3) is 0.316. The third-order valence-electron chi connectivity index (χ3n) is 3.73. The maximum Gasteiger partial charge on any atom is 0.255 e. The summed E-state index contributed by atoms with van der Waals surface area (Å²) >= 11 is 0. The number of amides is 2. The number of benzene rings is 1. The second-order valence-corrected chi connectivity index (χ2v) is 5.68. The number of aromatic nitrogens is 1. The molecule has 1 heterocycles. The number of para-hydroxylation sites is 1. The van der Waals surface area contributed by atoms with E-state index in [0.717, 1.165) is 17.7 Å². The molecule has 0 fully saturated rings. The molecule has 0 aliphatic heterocycles. The van der Waals surface area contributed by atoms with Gasteiger partial charge in [0.05, 0.1) is 12.7 Å². The van der Waals surface area contributed by atoms with Gasteiger partial charge >= 0.3 is 0 Å². The maximum absolute atomic E-state index is 12.7. The Morgan fingerprint density at radius 2 is 1.96 bits per heavy atom. The van der Waals surface area contributed by atoms with Crippen LogP contribution in [0.4, 0.5) is 5.69 Å². The lowest BCUT2D eigenvalue weighted by Gasteiger charge is -2.22. The highest BCUT2D eigenvalue weighted by Gasteiger charge is 2.19. The van der Waals surface area contributed by atoms with Crippen LogP contribution < -0.4 is 10.1 Å². The molecule has 2 amide bonds. The number of nitrogens with one attached hydrogen (secondary N) is 1. The molecule has 132 valence electrons. The minimum atomic E-state index is -0.225. The van der Waals surface area contributed by atoms with Crippen LogP contribution in [0.2, 0.25) is 0 Å². The zero-order valence-electron chi connectivity index (χ0n) is 14.8. The van der Waals surface area contributed by atoms with Gasteiger partial charge in [-0.2, -0.15) is 0 Å². The first kappa shape index (κ1) is 18.4. The van der Waals surface area contributed by atoms with Gasteiger partial charge in [-0.15, -0.1) is 0 Å². The Balaban J connectivity index is 2.07. The topological polar surface area (TPSA) is 71.5 Å². The summed E-state index contributed by atoms with van der Waals surface area (Å²) in [5, 5.41) is 2.86. The quantitative estimate of drug-likeness (QED) is 0.840. The van der Waals surface area contributed by atoms with E-state index >= 15 is 0 Å². The second kappa shape index (κ2) is 8.82. The van der Waals surface area contributed by atoms with Crippen LogP contribution in [0.15, 0.2) is 42.6 Å². The highest BCUT2D eigenvalue weighted by Crippen LogP contribution is 2.14. The molecule has 2 aromatic rings. The van der Waals surface area contributed by atoms with E-state index in [1.807, 2.05) is 38.1 Å². The molecule has 6 heteroatoms. The molecule has 0 saturated carbocycles. The van der Waals surface area contributed by atoms with E-state index in [0.29, 0.717) is 18.0 Å². The Kier molecular flexibility index (Phi) is 6.51. The minimum absolute atomic E-state index is 0.00691. The molecule has 6 nitrogen and oxygen atoms in total. The van der Waals surface area contributed by atoms with Crippen LogP contribution in [0.25, 0.3) is 0 Å². The van der Waals surface area contributed by atoms with Crippen LogP contribution >= 0.6 is 0 Å². The minimum Gasteiger partial charge on any atom is -0.481 e. The third-order valence-corrected chi connectivity index (χ3v) is 3.73. The molecule has 0 radical (unpaired) electrons. The van der Waals surface area contributed by atoms with Crippen LogP contribution in [-0.2, 0) is 4.79 Å². The molecule has 25 heavy (non-hydrogen) atoms. The van der Waals surface area contributed by atoms with Crippen LogP contribution in [0.1, 0.15) is 29.3 Å². The Hall–Kier alpha value is -2.89. The van der Waals surface area contributed by atoms with Crippen molar-refractivity contribution in [1.82, 2.24) is 9.88 Å². The average molecular weight is 341 g/mol. The van der Waals surface area contributed by atoms with Crippen molar-refractivity contribution in [2.75, 3.05) is 25.5 Å². The van der Waals surface area contributed by atoms with Crippen LogP contribution in [0, 0.1) is 6.92 Å². The van der Waals surface area contributed by atoms with Crippen molar-refractivity contribution in [3.63, 3.8) is 0 Å². The predicted octanol–water partition coefficient (Wildman–Crippen LogP) is 2.89. The van der Waals surface area contributed by atoms with Gasteiger partial charge in [-0.25, -0.2) is 4.98 Å². The predicted molar refractivity (Wildman–Crippen MR) is 96.8 cm³/mol.